The second-order valence-corrected chi connectivity index (χ2v) is 15.9. The Morgan fingerprint density at radius 1 is 0.921 bits per heavy atom. The number of carbonyl (C=O) groups is 2. The lowest BCUT2D eigenvalue weighted by molar-refractivity contribution is 0.00308. The van der Waals surface area contributed by atoms with Crippen LogP contribution in [-0.2, 0) is 16.0 Å². The molecule has 0 radical (unpaired) electrons. The highest BCUT2D eigenvalue weighted by Gasteiger charge is 2.41. The van der Waals surface area contributed by atoms with Crippen molar-refractivity contribution in [1.82, 2.24) is 50.1 Å². The SMILES string of the molecule is N#CC1C[C@H](c2cc(F)c(-n3nc(C(=O)NCc4cc(F)cc(Cl)c4Cl)c4c(N[C@@H]5COCC[C@H]5O)ncnc43)cc2F)N(C(=O)c2n[nH]c3ncnc(N[C@@H]4COC[C@H]4O)c23)C1. The molecule has 1 unspecified atom stereocenters. The third kappa shape index (κ3) is 7.91. The van der Waals surface area contributed by atoms with Crippen molar-refractivity contribution in [3.8, 4) is 11.8 Å². The molecule has 0 saturated carbocycles. The third-order valence-electron chi connectivity index (χ3n) is 11.2. The van der Waals surface area contributed by atoms with Crippen LogP contribution in [0.3, 0.4) is 0 Å². The summed E-state index contributed by atoms with van der Waals surface area (Å²) in [5, 5.41) is 51.0. The molecule has 6 aromatic rings. The van der Waals surface area contributed by atoms with Gasteiger partial charge in [-0.3, -0.25) is 14.7 Å². The molecule has 7 heterocycles. The van der Waals surface area contributed by atoms with Crippen LogP contribution in [0.5, 0.6) is 0 Å². The molecule has 6 N–H and O–H groups in total. The Hall–Kier alpha value is -6.22. The van der Waals surface area contributed by atoms with Crippen LogP contribution in [0.1, 0.15) is 51.0 Å². The minimum Gasteiger partial charge on any atom is -0.391 e. The van der Waals surface area contributed by atoms with Crippen molar-refractivity contribution in [3.63, 3.8) is 0 Å². The van der Waals surface area contributed by atoms with Crippen molar-refractivity contribution in [3.05, 3.63) is 86.9 Å². The average Bonchev–Trinajstić information content (AvgIpc) is 4.09. The van der Waals surface area contributed by atoms with E-state index in [4.69, 9.17) is 32.7 Å². The maximum absolute atomic E-state index is 16.6. The fraction of sp³-hybridized carbons (Fsp3) is 0.359. The molecule has 63 heavy (non-hydrogen) atoms. The maximum atomic E-state index is 16.6. The van der Waals surface area contributed by atoms with Crippen LogP contribution in [0, 0.1) is 34.7 Å². The molecule has 2 amide bonds. The second-order valence-electron chi connectivity index (χ2n) is 15.1. The molecule has 3 fully saturated rings. The first kappa shape index (κ1) is 42.1. The predicted octanol–water partition coefficient (Wildman–Crippen LogP) is 3.60. The normalized spacial score (nSPS) is 22.4. The van der Waals surface area contributed by atoms with Crippen molar-refractivity contribution < 1.29 is 42.4 Å². The van der Waals surface area contributed by atoms with E-state index in [-0.39, 0.29) is 106 Å². The Balaban J connectivity index is 1.08. The molecule has 2 aromatic carbocycles. The Kier molecular flexibility index (Phi) is 11.5. The van der Waals surface area contributed by atoms with Crippen molar-refractivity contribution in [2.24, 2.45) is 5.92 Å². The van der Waals surface area contributed by atoms with E-state index in [9.17, 15) is 29.5 Å². The molecule has 19 nitrogen and oxygen atoms in total. The van der Waals surface area contributed by atoms with E-state index in [0.29, 0.717) is 13.0 Å². The number of anilines is 2. The largest absolute Gasteiger partial charge is 0.391 e. The van der Waals surface area contributed by atoms with Crippen LogP contribution in [0.4, 0.5) is 24.8 Å². The van der Waals surface area contributed by atoms with Gasteiger partial charge in [0.15, 0.2) is 22.7 Å². The molecule has 3 aliphatic rings. The van der Waals surface area contributed by atoms with Crippen LogP contribution in [0.25, 0.3) is 27.8 Å². The van der Waals surface area contributed by atoms with E-state index in [1.54, 1.807) is 0 Å². The van der Waals surface area contributed by atoms with E-state index in [0.717, 1.165) is 35.3 Å². The van der Waals surface area contributed by atoms with E-state index in [1.807, 2.05) is 0 Å². The van der Waals surface area contributed by atoms with Gasteiger partial charge in [-0.05, 0) is 36.6 Å². The van der Waals surface area contributed by atoms with Gasteiger partial charge in [-0.15, -0.1) is 0 Å². The van der Waals surface area contributed by atoms with Gasteiger partial charge in [-0.25, -0.2) is 37.8 Å². The Morgan fingerprint density at radius 3 is 2.41 bits per heavy atom. The van der Waals surface area contributed by atoms with Crippen LogP contribution < -0.4 is 16.0 Å². The van der Waals surface area contributed by atoms with Gasteiger partial charge in [-0.2, -0.15) is 15.5 Å². The van der Waals surface area contributed by atoms with Crippen LogP contribution >= 0.6 is 23.2 Å². The fourth-order valence-corrected chi connectivity index (χ4v) is 8.36. The zero-order valence-electron chi connectivity index (χ0n) is 32.5. The standard InChI is InChI=1S/C39H34Cl2F3N13O6/c40-20-5-18(42)4-17(31(20)41)9-46-38(60)32-30-35(51-23-11-62-2-1-27(23)58)48-15-50-37(30)57(55-32)26-7-21(43)19(6-22(26)44)25-3-16(8-45)10-56(25)39(61)33-29-34(47-14-49-36(29)54-53-33)52-24-12-63-13-28(24)59/h4-7,14-16,23-25,27-28,58-59H,1-3,9-13H2,(H,46,60)(H,48,50,51)(H2,47,49,52,53,54)/t16?,23-,24-,25-,27-,28-/m1/s1. The lowest BCUT2D eigenvalue weighted by Gasteiger charge is -2.28. The van der Waals surface area contributed by atoms with Crippen molar-refractivity contribution in [1.29, 1.82) is 5.26 Å². The van der Waals surface area contributed by atoms with Crippen LogP contribution in [-0.4, -0.2) is 124 Å². The van der Waals surface area contributed by atoms with Gasteiger partial charge in [0.2, 0.25) is 0 Å². The number of amides is 2. The molecule has 4 aromatic heterocycles. The van der Waals surface area contributed by atoms with Gasteiger partial charge in [0.05, 0.1) is 83.0 Å². The summed E-state index contributed by atoms with van der Waals surface area (Å²) in [6.07, 6.45) is 0.877. The fourth-order valence-electron chi connectivity index (χ4n) is 7.96. The van der Waals surface area contributed by atoms with Crippen molar-refractivity contribution >= 4 is 68.7 Å². The van der Waals surface area contributed by atoms with Crippen molar-refractivity contribution in [2.75, 3.05) is 43.6 Å². The highest BCUT2D eigenvalue weighted by Crippen LogP contribution is 2.40. The first-order chi connectivity index (χ1) is 30.4. The summed E-state index contributed by atoms with van der Waals surface area (Å²) in [5.74, 6) is -4.89. The summed E-state index contributed by atoms with van der Waals surface area (Å²) in [4.78, 5) is 46.5. The molecule has 3 aliphatic heterocycles. The quantitative estimate of drug-likeness (QED) is 0.107. The molecule has 0 aliphatic carbocycles. The zero-order chi connectivity index (χ0) is 44.1. The minimum absolute atomic E-state index is 0.00364. The molecule has 3 saturated heterocycles. The molecule has 6 atom stereocenters. The van der Waals surface area contributed by atoms with Gasteiger partial charge >= 0.3 is 0 Å². The summed E-state index contributed by atoms with van der Waals surface area (Å²) in [6, 6.07) is 3.55. The number of nitriles is 1. The smallest absolute Gasteiger partial charge is 0.275 e. The third-order valence-corrected chi connectivity index (χ3v) is 12.0. The molecular formula is C39H34Cl2F3N13O6. The number of aliphatic hydroxyl groups excluding tert-OH is 2. The zero-order valence-corrected chi connectivity index (χ0v) is 34.0. The van der Waals surface area contributed by atoms with Crippen LogP contribution in [0.2, 0.25) is 10.0 Å². The lowest BCUT2D eigenvalue weighted by Crippen LogP contribution is -2.42. The number of halogens is 5. The number of hydrogen-bond acceptors (Lipinski definition) is 15. The first-order valence-corrected chi connectivity index (χ1v) is 20.2. The first-order valence-electron chi connectivity index (χ1n) is 19.5. The van der Waals surface area contributed by atoms with Gasteiger partial charge in [0.25, 0.3) is 11.8 Å². The number of hydrogen-bond donors (Lipinski definition) is 6. The predicted molar refractivity (Wildman–Crippen MR) is 216 cm³/mol. The molecule has 326 valence electrons. The van der Waals surface area contributed by atoms with E-state index in [2.05, 4.69) is 57.3 Å². The molecule has 0 bridgehead atoms. The Morgan fingerprint density at radius 2 is 1.67 bits per heavy atom. The highest BCUT2D eigenvalue weighted by atomic mass is 35.5. The number of carbonyl (C=O) groups excluding carboxylic acids is 2. The topological polar surface area (TPSA) is 254 Å². The van der Waals surface area contributed by atoms with E-state index >= 15 is 8.78 Å². The molecular weight excluding hydrogens is 874 g/mol. The maximum Gasteiger partial charge on any atom is 0.275 e. The minimum atomic E-state index is -1.15. The van der Waals surface area contributed by atoms with Gasteiger partial charge in [-0.1, -0.05) is 23.2 Å². The summed E-state index contributed by atoms with van der Waals surface area (Å²) >= 11 is 12.3. The number of ether oxygens (including phenoxy) is 2. The Bertz CT molecular complexity index is 2830. The number of nitrogens with one attached hydrogen (secondary N) is 4. The Labute approximate surface area is 363 Å². The number of H-pyrrole nitrogens is 1. The summed E-state index contributed by atoms with van der Waals surface area (Å²) < 4.78 is 59.3. The number of aromatic nitrogens is 8. The summed E-state index contributed by atoms with van der Waals surface area (Å²) in [5.41, 5.74) is -1.07. The number of nitrogens with zero attached hydrogens (tertiary/aromatic N) is 9. The number of rotatable bonds is 10. The lowest BCUT2D eigenvalue weighted by atomic mass is 9.99. The average molecular weight is 909 g/mol. The van der Waals surface area contributed by atoms with Crippen LogP contribution in [0.15, 0.2) is 36.9 Å². The second kappa shape index (κ2) is 17.2. The van der Waals surface area contributed by atoms with Gasteiger partial charge < -0.3 is 40.5 Å². The summed E-state index contributed by atoms with van der Waals surface area (Å²) in [6.45, 7) is 0.201. The van der Waals surface area contributed by atoms with Gasteiger partial charge in [0, 0.05) is 31.3 Å². The van der Waals surface area contributed by atoms with Gasteiger partial charge in [0.1, 0.15) is 47.4 Å². The number of aromatic amines is 1. The number of benzene rings is 2. The number of fused-ring (bicyclic) bond motifs is 2. The number of likely N-dealkylation sites (tertiary alicyclic amines) is 1. The molecule has 24 heteroatoms. The van der Waals surface area contributed by atoms with Crippen molar-refractivity contribution in [2.45, 2.75) is 49.7 Å². The highest BCUT2D eigenvalue weighted by molar-refractivity contribution is 6.42. The van der Waals surface area contributed by atoms with E-state index < -0.39 is 71.2 Å². The number of aliphatic hydroxyl groups is 2. The summed E-state index contributed by atoms with van der Waals surface area (Å²) in [7, 11) is 0. The molecule has 0 spiro atoms. The molecule has 9 rings (SSSR count). The monoisotopic (exact) mass is 907 g/mol. The van der Waals surface area contributed by atoms with E-state index in [1.165, 1.54) is 11.2 Å².